The minimum Gasteiger partial charge on any atom is -0.497 e. The molecule has 0 atom stereocenters. The Balaban J connectivity index is 1.95. The molecule has 0 N–H and O–H groups in total. The van der Waals surface area contributed by atoms with Crippen LogP contribution in [0.15, 0.2) is 72.3 Å². The van der Waals surface area contributed by atoms with Crippen LogP contribution in [0.1, 0.15) is 11.1 Å². The molecule has 4 aromatic rings. The summed E-state index contributed by atoms with van der Waals surface area (Å²) in [7, 11) is 1.66. The molecule has 0 aliphatic rings. The number of methoxy groups -OCH3 is 1. The van der Waals surface area contributed by atoms with E-state index in [1.165, 1.54) is 17.1 Å². The first-order valence-electron chi connectivity index (χ1n) is 8.38. The Labute approximate surface area is 151 Å². The highest BCUT2D eigenvalue weighted by molar-refractivity contribution is 6.06. The molecule has 0 aliphatic heterocycles. The van der Waals surface area contributed by atoms with Crippen LogP contribution in [0.5, 0.6) is 5.75 Å². The van der Waals surface area contributed by atoms with Crippen LogP contribution in [0, 0.1) is 0 Å². The zero-order chi connectivity index (χ0) is 18.1. The van der Waals surface area contributed by atoms with Gasteiger partial charge in [0.1, 0.15) is 12.1 Å². The minimum atomic E-state index is -0.105. The Bertz CT molecular complexity index is 1170. The molecule has 0 radical (unpaired) electrons. The standard InChI is InChI=1S/C22H18N2O2/c1-3-24-14-23-21-19-7-5-4-6-18(19)16(13-20(21)22(24)25)12-15-8-10-17(26-2)11-9-15/h3-11,13-14H,1,12H2,2H3. The Morgan fingerprint density at radius 1 is 1.08 bits per heavy atom. The first-order valence-corrected chi connectivity index (χ1v) is 8.38. The average Bonchev–Trinajstić information content (AvgIpc) is 2.69. The molecule has 1 heterocycles. The van der Waals surface area contributed by atoms with Crippen molar-refractivity contribution in [3.63, 3.8) is 0 Å². The van der Waals surface area contributed by atoms with Crippen molar-refractivity contribution < 1.29 is 4.74 Å². The van der Waals surface area contributed by atoms with Crippen molar-refractivity contribution in [1.29, 1.82) is 0 Å². The fourth-order valence-corrected chi connectivity index (χ4v) is 3.29. The van der Waals surface area contributed by atoms with E-state index in [4.69, 9.17) is 4.74 Å². The van der Waals surface area contributed by atoms with Crippen LogP contribution in [-0.4, -0.2) is 16.7 Å². The number of nitrogens with zero attached hydrogens (tertiary/aromatic N) is 2. The van der Waals surface area contributed by atoms with Gasteiger partial charge in [0, 0.05) is 11.6 Å². The van der Waals surface area contributed by atoms with Gasteiger partial charge in [-0.05, 0) is 41.1 Å². The van der Waals surface area contributed by atoms with E-state index in [0.29, 0.717) is 5.39 Å². The lowest BCUT2D eigenvalue weighted by molar-refractivity contribution is 0.414. The van der Waals surface area contributed by atoms with Gasteiger partial charge in [0.25, 0.3) is 5.56 Å². The first kappa shape index (κ1) is 16.1. The lowest BCUT2D eigenvalue weighted by Crippen LogP contribution is -2.16. The highest BCUT2D eigenvalue weighted by Crippen LogP contribution is 2.28. The fourth-order valence-electron chi connectivity index (χ4n) is 3.29. The fraction of sp³-hybridized carbons (Fsp3) is 0.0909. The van der Waals surface area contributed by atoms with Crippen LogP contribution in [0.4, 0.5) is 0 Å². The molecule has 1 aromatic heterocycles. The summed E-state index contributed by atoms with van der Waals surface area (Å²) in [4.78, 5) is 17.2. The summed E-state index contributed by atoms with van der Waals surface area (Å²) in [6, 6.07) is 18.0. The van der Waals surface area contributed by atoms with Crippen molar-refractivity contribution in [2.75, 3.05) is 7.11 Å². The third-order valence-electron chi connectivity index (χ3n) is 4.63. The lowest BCUT2D eigenvalue weighted by Gasteiger charge is -2.11. The molecule has 0 saturated heterocycles. The Hall–Kier alpha value is -3.40. The Morgan fingerprint density at radius 3 is 2.50 bits per heavy atom. The molecule has 128 valence electrons. The molecule has 0 spiro atoms. The highest BCUT2D eigenvalue weighted by atomic mass is 16.5. The van der Waals surface area contributed by atoms with Gasteiger partial charge in [0.15, 0.2) is 0 Å². The van der Waals surface area contributed by atoms with E-state index in [1.807, 2.05) is 48.5 Å². The smallest absolute Gasteiger partial charge is 0.265 e. The number of rotatable bonds is 4. The van der Waals surface area contributed by atoms with Crippen molar-refractivity contribution in [3.8, 4) is 5.75 Å². The summed E-state index contributed by atoms with van der Waals surface area (Å²) in [6.07, 6.45) is 3.73. The molecular weight excluding hydrogens is 324 g/mol. The van der Waals surface area contributed by atoms with Gasteiger partial charge < -0.3 is 4.74 Å². The van der Waals surface area contributed by atoms with Gasteiger partial charge >= 0.3 is 0 Å². The molecule has 0 aliphatic carbocycles. The molecule has 0 amide bonds. The molecule has 26 heavy (non-hydrogen) atoms. The van der Waals surface area contributed by atoms with Crippen LogP contribution in [0.2, 0.25) is 0 Å². The quantitative estimate of drug-likeness (QED) is 0.521. The second kappa shape index (κ2) is 6.48. The van der Waals surface area contributed by atoms with Crippen LogP contribution in [0.25, 0.3) is 27.9 Å². The van der Waals surface area contributed by atoms with Crippen LogP contribution in [-0.2, 0) is 6.42 Å². The first-order chi connectivity index (χ1) is 12.7. The van der Waals surface area contributed by atoms with E-state index in [2.05, 4.69) is 17.6 Å². The molecule has 3 aromatic carbocycles. The second-order valence-electron chi connectivity index (χ2n) is 6.14. The van der Waals surface area contributed by atoms with Gasteiger partial charge in [0.05, 0.1) is 18.0 Å². The average molecular weight is 342 g/mol. The summed E-state index contributed by atoms with van der Waals surface area (Å²) in [5, 5.41) is 2.70. The predicted octanol–water partition coefficient (Wildman–Crippen LogP) is 4.25. The highest BCUT2D eigenvalue weighted by Gasteiger charge is 2.11. The van der Waals surface area contributed by atoms with Crippen molar-refractivity contribution in [3.05, 3.63) is 89.0 Å². The summed E-state index contributed by atoms with van der Waals surface area (Å²) >= 11 is 0. The number of fused-ring (bicyclic) bond motifs is 3. The SMILES string of the molecule is C=Cn1cnc2c(cc(Cc3ccc(OC)cc3)c3ccccc32)c1=O. The molecule has 4 heteroatoms. The van der Waals surface area contributed by atoms with Gasteiger partial charge in [-0.3, -0.25) is 9.36 Å². The zero-order valence-electron chi connectivity index (χ0n) is 14.5. The molecule has 0 saturated carbocycles. The lowest BCUT2D eigenvalue weighted by atomic mass is 9.96. The molecule has 0 fully saturated rings. The largest absolute Gasteiger partial charge is 0.497 e. The number of hydrogen-bond donors (Lipinski definition) is 0. The van der Waals surface area contributed by atoms with Crippen LogP contribution >= 0.6 is 0 Å². The van der Waals surface area contributed by atoms with Gasteiger partial charge in [-0.25, -0.2) is 4.98 Å². The Kier molecular flexibility index (Phi) is 4.01. The van der Waals surface area contributed by atoms with Crippen molar-refractivity contribution >= 4 is 27.9 Å². The number of hydrogen-bond acceptors (Lipinski definition) is 3. The second-order valence-corrected chi connectivity index (χ2v) is 6.14. The minimum absolute atomic E-state index is 0.105. The predicted molar refractivity (Wildman–Crippen MR) is 106 cm³/mol. The third kappa shape index (κ3) is 2.65. The summed E-state index contributed by atoms with van der Waals surface area (Å²) in [6.45, 7) is 3.68. The maximum Gasteiger partial charge on any atom is 0.265 e. The van der Waals surface area contributed by atoms with E-state index in [-0.39, 0.29) is 5.56 Å². The van der Waals surface area contributed by atoms with E-state index < -0.39 is 0 Å². The van der Waals surface area contributed by atoms with Gasteiger partial charge in [-0.15, -0.1) is 0 Å². The van der Waals surface area contributed by atoms with Gasteiger partial charge in [-0.1, -0.05) is 43.0 Å². The molecule has 0 bridgehead atoms. The molecular formula is C22H18N2O2. The van der Waals surface area contributed by atoms with Gasteiger partial charge in [0.2, 0.25) is 0 Å². The monoisotopic (exact) mass is 342 g/mol. The molecule has 4 rings (SSSR count). The van der Waals surface area contributed by atoms with Gasteiger partial charge in [-0.2, -0.15) is 0 Å². The topological polar surface area (TPSA) is 44.1 Å². The summed E-state index contributed by atoms with van der Waals surface area (Å²) in [5.74, 6) is 0.829. The number of benzene rings is 3. The maximum absolute atomic E-state index is 12.7. The van der Waals surface area contributed by atoms with Crippen molar-refractivity contribution in [1.82, 2.24) is 9.55 Å². The zero-order valence-corrected chi connectivity index (χ0v) is 14.5. The number of aromatic nitrogens is 2. The van der Waals surface area contributed by atoms with Crippen molar-refractivity contribution in [2.24, 2.45) is 0 Å². The third-order valence-corrected chi connectivity index (χ3v) is 4.63. The van der Waals surface area contributed by atoms with E-state index >= 15 is 0 Å². The molecule has 0 unspecified atom stereocenters. The molecule has 4 nitrogen and oxygen atoms in total. The normalized spacial score (nSPS) is 11.0. The number of ether oxygens (including phenoxy) is 1. The van der Waals surface area contributed by atoms with E-state index in [1.54, 1.807) is 7.11 Å². The Morgan fingerprint density at radius 2 is 1.81 bits per heavy atom. The van der Waals surface area contributed by atoms with Crippen LogP contribution < -0.4 is 10.3 Å². The van der Waals surface area contributed by atoms with Crippen LogP contribution in [0.3, 0.4) is 0 Å². The maximum atomic E-state index is 12.7. The van der Waals surface area contributed by atoms with Crippen molar-refractivity contribution in [2.45, 2.75) is 6.42 Å². The van der Waals surface area contributed by atoms with E-state index in [0.717, 1.165) is 39.6 Å². The summed E-state index contributed by atoms with van der Waals surface area (Å²) < 4.78 is 6.64. The van der Waals surface area contributed by atoms with E-state index in [9.17, 15) is 4.79 Å². The summed E-state index contributed by atoms with van der Waals surface area (Å²) in [5.41, 5.74) is 2.87.